The largest absolute Gasteiger partial charge is 0.304 e. The Morgan fingerprint density at radius 2 is 1.95 bits per heavy atom. The average Bonchev–Trinajstić information content (AvgIpc) is 3.03. The fourth-order valence-corrected chi connectivity index (χ4v) is 1.46. The number of anilines is 1. The highest BCUT2D eigenvalue weighted by Crippen LogP contribution is 2.07. The summed E-state index contributed by atoms with van der Waals surface area (Å²) in [4.78, 5) is 31.4. The molecule has 20 heavy (non-hydrogen) atoms. The molecule has 0 fully saturated rings. The van der Waals surface area contributed by atoms with Crippen LogP contribution in [0, 0.1) is 0 Å². The molecule has 0 aromatic carbocycles. The molecule has 0 unspecified atom stereocenters. The van der Waals surface area contributed by atoms with Crippen LogP contribution < -0.4 is 5.32 Å². The first-order valence-electron chi connectivity index (χ1n) is 5.58. The first-order chi connectivity index (χ1) is 9.83. The zero-order chi connectivity index (χ0) is 13.8. The fourth-order valence-electron chi connectivity index (χ4n) is 1.46. The van der Waals surface area contributed by atoms with Gasteiger partial charge in [-0.3, -0.25) is 4.79 Å². The lowest BCUT2D eigenvalue weighted by molar-refractivity contribution is 0.101. The van der Waals surface area contributed by atoms with Gasteiger partial charge in [0.15, 0.2) is 5.82 Å². The van der Waals surface area contributed by atoms with E-state index in [2.05, 4.69) is 35.3 Å². The van der Waals surface area contributed by atoms with Crippen LogP contribution in [0.5, 0.6) is 0 Å². The molecular weight excluding hydrogens is 260 g/mol. The Balaban J connectivity index is 1.82. The summed E-state index contributed by atoms with van der Waals surface area (Å²) >= 11 is 0. The van der Waals surface area contributed by atoms with Gasteiger partial charge in [0.1, 0.15) is 24.8 Å². The van der Waals surface area contributed by atoms with E-state index in [9.17, 15) is 4.79 Å². The molecule has 0 radical (unpaired) electrons. The van der Waals surface area contributed by atoms with E-state index in [1.807, 2.05) is 0 Å². The number of hydrogen-bond donors (Lipinski definition) is 1. The molecular formula is C11H8N8O. The van der Waals surface area contributed by atoms with Gasteiger partial charge >= 0.3 is 0 Å². The number of rotatable bonds is 3. The fraction of sp³-hybridized carbons (Fsp3) is 0. The molecule has 3 heterocycles. The van der Waals surface area contributed by atoms with Gasteiger partial charge in [0.2, 0.25) is 5.82 Å². The van der Waals surface area contributed by atoms with Gasteiger partial charge in [-0.1, -0.05) is 0 Å². The van der Waals surface area contributed by atoms with Crippen molar-refractivity contribution in [2.24, 2.45) is 0 Å². The van der Waals surface area contributed by atoms with Crippen molar-refractivity contribution >= 4 is 11.7 Å². The van der Waals surface area contributed by atoms with Crippen LogP contribution >= 0.6 is 0 Å². The Kier molecular flexibility index (Phi) is 3.07. The van der Waals surface area contributed by atoms with Gasteiger partial charge in [-0.25, -0.2) is 29.6 Å². The standard InChI is InChI=1S/C11H8N8O/c20-11(10-13-2-1-3-14-10)18-8-4-9(16-6-15-8)19-7-12-5-17-19/h1-7H,(H,15,16,18,20). The second kappa shape index (κ2) is 5.18. The lowest BCUT2D eigenvalue weighted by atomic mass is 10.4. The number of aromatic nitrogens is 7. The Labute approximate surface area is 112 Å². The van der Waals surface area contributed by atoms with E-state index in [0.717, 1.165) is 0 Å². The van der Waals surface area contributed by atoms with Crippen molar-refractivity contribution in [1.82, 2.24) is 34.7 Å². The molecule has 0 saturated carbocycles. The van der Waals surface area contributed by atoms with Gasteiger partial charge in [-0.2, -0.15) is 5.10 Å². The minimum absolute atomic E-state index is 0.0634. The Hall–Kier alpha value is -3.23. The van der Waals surface area contributed by atoms with E-state index >= 15 is 0 Å². The predicted octanol–water partition coefficient (Wildman–Crippen LogP) is 0.0996. The summed E-state index contributed by atoms with van der Waals surface area (Å²) in [6.07, 6.45) is 7.18. The lowest BCUT2D eigenvalue weighted by Crippen LogP contribution is -2.16. The van der Waals surface area contributed by atoms with Crippen LogP contribution in [0.15, 0.2) is 43.5 Å². The number of nitrogens with one attached hydrogen (secondary N) is 1. The topological polar surface area (TPSA) is 111 Å². The third kappa shape index (κ3) is 2.46. The van der Waals surface area contributed by atoms with Gasteiger partial charge < -0.3 is 5.32 Å². The lowest BCUT2D eigenvalue weighted by Gasteiger charge is -2.04. The van der Waals surface area contributed by atoms with Crippen LogP contribution in [0.4, 0.5) is 5.82 Å². The molecule has 98 valence electrons. The minimum atomic E-state index is -0.450. The van der Waals surface area contributed by atoms with Crippen LogP contribution in [-0.2, 0) is 0 Å². The normalized spacial score (nSPS) is 10.2. The molecule has 3 aromatic rings. The highest BCUT2D eigenvalue weighted by atomic mass is 16.2. The predicted molar refractivity (Wildman–Crippen MR) is 66.9 cm³/mol. The van der Waals surface area contributed by atoms with Crippen molar-refractivity contribution in [3.05, 3.63) is 49.3 Å². The van der Waals surface area contributed by atoms with Crippen LogP contribution in [0.25, 0.3) is 5.82 Å². The molecule has 0 aliphatic rings. The zero-order valence-electron chi connectivity index (χ0n) is 10.1. The van der Waals surface area contributed by atoms with Crippen LogP contribution in [0.3, 0.4) is 0 Å². The van der Waals surface area contributed by atoms with E-state index in [4.69, 9.17) is 0 Å². The molecule has 0 bridgehead atoms. The highest BCUT2D eigenvalue weighted by Gasteiger charge is 2.10. The Bertz CT molecular complexity index is 712. The maximum atomic E-state index is 11.9. The molecule has 3 rings (SSSR count). The van der Waals surface area contributed by atoms with Crippen molar-refractivity contribution in [3.63, 3.8) is 0 Å². The molecule has 0 saturated heterocycles. The molecule has 1 N–H and O–H groups in total. The second-order valence-corrected chi connectivity index (χ2v) is 3.63. The van der Waals surface area contributed by atoms with E-state index in [1.165, 1.54) is 36.1 Å². The molecule has 3 aromatic heterocycles. The Morgan fingerprint density at radius 3 is 2.70 bits per heavy atom. The van der Waals surface area contributed by atoms with Gasteiger partial charge in [-0.15, -0.1) is 0 Å². The summed E-state index contributed by atoms with van der Waals surface area (Å²) in [5.41, 5.74) is 0. The second-order valence-electron chi connectivity index (χ2n) is 3.63. The highest BCUT2D eigenvalue weighted by molar-refractivity contribution is 6.00. The first kappa shape index (κ1) is 11.8. The molecule has 0 aliphatic carbocycles. The quantitative estimate of drug-likeness (QED) is 0.716. The molecule has 1 amide bonds. The third-order valence-corrected chi connectivity index (χ3v) is 2.32. The summed E-state index contributed by atoms with van der Waals surface area (Å²) in [5.74, 6) is 0.423. The number of amides is 1. The van der Waals surface area contributed by atoms with Gasteiger partial charge in [0, 0.05) is 18.5 Å². The van der Waals surface area contributed by atoms with Gasteiger partial charge in [0.25, 0.3) is 5.91 Å². The van der Waals surface area contributed by atoms with Crippen molar-refractivity contribution in [3.8, 4) is 5.82 Å². The Morgan fingerprint density at radius 1 is 1.10 bits per heavy atom. The average molecular weight is 268 g/mol. The monoisotopic (exact) mass is 268 g/mol. The first-order valence-corrected chi connectivity index (χ1v) is 5.58. The van der Waals surface area contributed by atoms with E-state index in [0.29, 0.717) is 11.6 Å². The molecule has 9 heteroatoms. The molecule has 9 nitrogen and oxygen atoms in total. The number of carbonyl (C=O) groups is 1. The van der Waals surface area contributed by atoms with Crippen molar-refractivity contribution < 1.29 is 4.79 Å². The minimum Gasteiger partial charge on any atom is -0.304 e. The van der Waals surface area contributed by atoms with E-state index in [-0.39, 0.29) is 5.82 Å². The van der Waals surface area contributed by atoms with E-state index < -0.39 is 5.91 Å². The van der Waals surface area contributed by atoms with Crippen molar-refractivity contribution in [1.29, 1.82) is 0 Å². The van der Waals surface area contributed by atoms with Crippen molar-refractivity contribution in [2.75, 3.05) is 5.32 Å². The van der Waals surface area contributed by atoms with E-state index in [1.54, 1.807) is 12.1 Å². The maximum absolute atomic E-state index is 11.9. The summed E-state index contributed by atoms with van der Waals surface area (Å²) in [7, 11) is 0. The van der Waals surface area contributed by atoms with Crippen LogP contribution in [-0.4, -0.2) is 40.6 Å². The maximum Gasteiger partial charge on any atom is 0.294 e. The molecule has 0 atom stereocenters. The SMILES string of the molecule is O=C(Nc1cc(-n2cncn2)ncn1)c1ncccn1. The van der Waals surface area contributed by atoms with Gasteiger partial charge in [0.05, 0.1) is 0 Å². The molecule has 0 aliphatic heterocycles. The summed E-state index contributed by atoms with van der Waals surface area (Å²) in [5, 5.41) is 6.53. The number of carbonyl (C=O) groups excluding carboxylic acids is 1. The summed E-state index contributed by atoms with van der Waals surface area (Å²) in [6.45, 7) is 0. The summed E-state index contributed by atoms with van der Waals surface area (Å²) < 4.78 is 1.45. The molecule has 0 spiro atoms. The smallest absolute Gasteiger partial charge is 0.294 e. The summed E-state index contributed by atoms with van der Waals surface area (Å²) in [6, 6.07) is 3.19. The van der Waals surface area contributed by atoms with Crippen molar-refractivity contribution in [2.45, 2.75) is 0 Å². The van der Waals surface area contributed by atoms with Crippen LogP contribution in [0.2, 0.25) is 0 Å². The van der Waals surface area contributed by atoms with Crippen LogP contribution in [0.1, 0.15) is 10.6 Å². The number of nitrogens with zero attached hydrogens (tertiary/aromatic N) is 7. The zero-order valence-corrected chi connectivity index (χ0v) is 10.1. The van der Waals surface area contributed by atoms with Gasteiger partial charge in [-0.05, 0) is 6.07 Å². The number of hydrogen-bond acceptors (Lipinski definition) is 7. The third-order valence-electron chi connectivity index (χ3n) is 2.32.